The molecule has 1 heterocycles. The summed E-state index contributed by atoms with van der Waals surface area (Å²) in [4.78, 5) is 13.5. The number of rotatable bonds is 6. The molecule has 0 aliphatic carbocycles. The molecule has 116 valence electrons. The molecule has 2 rings (SSSR count). The molecule has 0 radical (unpaired) electrons. The summed E-state index contributed by atoms with van der Waals surface area (Å²) in [5.41, 5.74) is 1.16. The van der Waals surface area contributed by atoms with Gasteiger partial charge < -0.3 is 14.6 Å². The molecule has 1 saturated heterocycles. The number of likely N-dealkylation sites (N-methyl/N-ethyl adjacent to an activating group) is 1. The molecule has 1 aliphatic heterocycles. The molecule has 3 unspecified atom stereocenters. The predicted octanol–water partition coefficient (Wildman–Crippen LogP) is 2.18. The number of ether oxygens (including phenoxy) is 2. The van der Waals surface area contributed by atoms with Gasteiger partial charge in [0.05, 0.1) is 26.2 Å². The number of carbonyl (C=O) groups is 1. The van der Waals surface area contributed by atoms with E-state index in [1.54, 1.807) is 7.11 Å². The standard InChI is InChI=1S/C16H23NO4/c1-4-14(11-5-7-12(20-3)8-6-11)17(2)15-10-21-9-13(15)16(18)19/h5-8,13-15H,4,9-10H2,1-3H3,(H,18,19). The molecule has 1 aliphatic rings. The Balaban J connectivity index is 2.17. The Hall–Kier alpha value is -1.59. The van der Waals surface area contributed by atoms with Gasteiger partial charge in [-0.05, 0) is 31.2 Å². The maximum atomic E-state index is 11.3. The first kappa shape index (κ1) is 15.8. The van der Waals surface area contributed by atoms with Crippen molar-refractivity contribution in [3.63, 3.8) is 0 Å². The first-order chi connectivity index (χ1) is 10.1. The molecule has 1 aromatic carbocycles. The monoisotopic (exact) mass is 293 g/mol. The summed E-state index contributed by atoms with van der Waals surface area (Å²) in [7, 11) is 3.62. The lowest BCUT2D eigenvalue weighted by molar-refractivity contribution is -0.143. The molecule has 1 fully saturated rings. The van der Waals surface area contributed by atoms with Crippen molar-refractivity contribution in [1.29, 1.82) is 0 Å². The van der Waals surface area contributed by atoms with Crippen molar-refractivity contribution in [3.8, 4) is 5.75 Å². The van der Waals surface area contributed by atoms with E-state index in [0.717, 1.165) is 17.7 Å². The number of aliphatic carboxylic acids is 1. The molecule has 0 saturated carbocycles. The van der Waals surface area contributed by atoms with Gasteiger partial charge in [0.15, 0.2) is 0 Å². The number of hydrogen-bond acceptors (Lipinski definition) is 4. The Morgan fingerprint density at radius 3 is 2.62 bits per heavy atom. The second-order valence-electron chi connectivity index (χ2n) is 5.41. The fourth-order valence-corrected chi connectivity index (χ4v) is 3.00. The number of carboxylic acids is 1. The average Bonchev–Trinajstić information content (AvgIpc) is 2.98. The van der Waals surface area contributed by atoms with E-state index in [9.17, 15) is 9.90 Å². The number of nitrogens with zero attached hydrogens (tertiary/aromatic N) is 1. The fraction of sp³-hybridized carbons (Fsp3) is 0.562. The Kier molecular flexibility index (Phi) is 5.20. The Bertz CT molecular complexity index is 474. The van der Waals surface area contributed by atoms with Crippen molar-refractivity contribution in [1.82, 2.24) is 4.90 Å². The van der Waals surface area contributed by atoms with Crippen LogP contribution in [0.2, 0.25) is 0 Å². The lowest BCUT2D eigenvalue weighted by atomic mass is 9.96. The van der Waals surface area contributed by atoms with Gasteiger partial charge in [-0.2, -0.15) is 0 Å². The molecule has 0 bridgehead atoms. The number of benzene rings is 1. The van der Waals surface area contributed by atoms with Gasteiger partial charge in [-0.25, -0.2) is 0 Å². The van der Waals surface area contributed by atoms with Crippen LogP contribution in [0.1, 0.15) is 24.9 Å². The van der Waals surface area contributed by atoms with Crippen LogP contribution in [0.5, 0.6) is 5.75 Å². The van der Waals surface area contributed by atoms with Crippen molar-refractivity contribution in [3.05, 3.63) is 29.8 Å². The van der Waals surface area contributed by atoms with E-state index in [2.05, 4.69) is 11.8 Å². The van der Waals surface area contributed by atoms with Gasteiger partial charge in [-0.1, -0.05) is 19.1 Å². The van der Waals surface area contributed by atoms with Crippen molar-refractivity contribution in [2.24, 2.45) is 5.92 Å². The van der Waals surface area contributed by atoms with Crippen LogP contribution >= 0.6 is 0 Å². The van der Waals surface area contributed by atoms with Gasteiger partial charge >= 0.3 is 5.97 Å². The normalized spacial score (nSPS) is 23.2. The molecule has 5 nitrogen and oxygen atoms in total. The van der Waals surface area contributed by atoms with E-state index in [1.807, 2.05) is 31.3 Å². The molecule has 21 heavy (non-hydrogen) atoms. The minimum Gasteiger partial charge on any atom is -0.497 e. The summed E-state index contributed by atoms with van der Waals surface area (Å²) >= 11 is 0. The largest absolute Gasteiger partial charge is 0.497 e. The van der Waals surface area contributed by atoms with Crippen LogP contribution in [0, 0.1) is 5.92 Å². The maximum Gasteiger partial charge on any atom is 0.310 e. The van der Waals surface area contributed by atoms with Gasteiger partial charge in [-0.3, -0.25) is 9.69 Å². The highest BCUT2D eigenvalue weighted by Gasteiger charge is 2.38. The van der Waals surface area contributed by atoms with Crippen LogP contribution in [-0.4, -0.2) is 49.4 Å². The third kappa shape index (κ3) is 3.36. The Morgan fingerprint density at radius 1 is 1.43 bits per heavy atom. The first-order valence-electron chi connectivity index (χ1n) is 7.24. The Morgan fingerprint density at radius 2 is 2.10 bits per heavy atom. The quantitative estimate of drug-likeness (QED) is 0.871. The van der Waals surface area contributed by atoms with E-state index in [4.69, 9.17) is 9.47 Å². The SMILES string of the molecule is CCC(c1ccc(OC)cc1)N(C)C1COCC1C(=O)O. The van der Waals surface area contributed by atoms with E-state index < -0.39 is 11.9 Å². The highest BCUT2D eigenvalue weighted by molar-refractivity contribution is 5.71. The van der Waals surface area contributed by atoms with Gasteiger partial charge in [0.2, 0.25) is 0 Å². The summed E-state index contributed by atoms with van der Waals surface area (Å²) < 4.78 is 10.6. The summed E-state index contributed by atoms with van der Waals surface area (Å²) in [5.74, 6) is -0.417. The maximum absolute atomic E-state index is 11.3. The molecule has 0 amide bonds. The summed E-state index contributed by atoms with van der Waals surface area (Å²) in [5, 5.41) is 9.30. The molecular weight excluding hydrogens is 270 g/mol. The highest BCUT2D eigenvalue weighted by atomic mass is 16.5. The van der Waals surface area contributed by atoms with Gasteiger partial charge in [0.25, 0.3) is 0 Å². The number of methoxy groups -OCH3 is 1. The molecule has 0 aromatic heterocycles. The summed E-state index contributed by atoms with van der Waals surface area (Å²) in [6.45, 7) is 2.88. The average molecular weight is 293 g/mol. The highest BCUT2D eigenvalue weighted by Crippen LogP contribution is 2.30. The van der Waals surface area contributed by atoms with Crippen LogP contribution in [0.4, 0.5) is 0 Å². The third-order valence-corrected chi connectivity index (χ3v) is 4.27. The number of hydrogen-bond donors (Lipinski definition) is 1. The van der Waals surface area contributed by atoms with Crippen molar-refractivity contribution in [2.75, 3.05) is 27.4 Å². The van der Waals surface area contributed by atoms with Crippen molar-refractivity contribution in [2.45, 2.75) is 25.4 Å². The molecule has 5 heteroatoms. The number of carboxylic acid groups (broad SMARTS) is 1. The predicted molar refractivity (Wildman–Crippen MR) is 79.5 cm³/mol. The van der Waals surface area contributed by atoms with Crippen LogP contribution in [0.25, 0.3) is 0 Å². The second kappa shape index (κ2) is 6.91. The zero-order chi connectivity index (χ0) is 15.4. The minimum atomic E-state index is -0.783. The topological polar surface area (TPSA) is 59.0 Å². The van der Waals surface area contributed by atoms with Crippen LogP contribution < -0.4 is 4.74 Å². The van der Waals surface area contributed by atoms with E-state index in [1.165, 1.54) is 0 Å². The van der Waals surface area contributed by atoms with Gasteiger partial charge in [0.1, 0.15) is 5.75 Å². The molecule has 3 atom stereocenters. The fourth-order valence-electron chi connectivity index (χ4n) is 3.00. The molecule has 0 spiro atoms. The smallest absolute Gasteiger partial charge is 0.310 e. The van der Waals surface area contributed by atoms with Crippen molar-refractivity contribution < 1.29 is 19.4 Å². The lowest BCUT2D eigenvalue weighted by Crippen LogP contribution is -2.42. The molecule has 1 N–H and O–H groups in total. The first-order valence-corrected chi connectivity index (χ1v) is 7.24. The van der Waals surface area contributed by atoms with Crippen LogP contribution in [0.3, 0.4) is 0 Å². The van der Waals surface area contributed by atoms with Gasteiger partial charge in [0, 0.05) is 12.1 Å². The molecular formula is C16H23NO4. The minimum absolute atomic E-state index is 0.0884. The van der Waals surface area contributed by atoms with E-state index in [0.29, 0.717) is 13.2 Å². The van der Waals surface area contributed by atoms with Gasteiger partial charge in [-0.15, -0.1) is 0 Å². The lowest BCUT2D eigenvalue weighted by Gasteiger charge is -2.34. The van der Waals surface area contributed by atoms with Crippen LogP contribution in [0.15, 0.2) is 24.3 Å². The van der Waals surface area contributed by atoms with E-state index >= 15 is 0 Å². The Labute approximate surface area is 125 Å². The zero-order valence-corrected chi connectivity index (χ0v) is 12.8. The third-order valence-electron chi connectivity index (χ3n) is 4.27. The zero-order valence-electron chi connectivity index (χ0n) is 12.8. The van der Waals surface area contributed by atoms with Crippen molar-refractivity contribution >= 4 is 5.97 Å². The van der Waals surface area contributed by atoms with Crippen LogP contribution in [-0.2, 0) is 9.53 Å². The van der Waals surface area contributed by atoms with E-state index in [-0.39, 0.29) is 12.1 Å². The molecule has 1 aromatic rings. The second-order valence-corrected chi connectivity index (χ2v) is 5.41. The summed E-state index contributed by atoms with van der Waals surface area (Å²) in [6.07, 6.45) is 0.908. The summed E-state index contributed by atoms with van der Waals surface area (Å²) in [6, 6.07) is 8.03.